The van der Waals surface area contributed by atoms with E-state index in [-0.39, 0.29) is 17.9 Å². The van der Waals surface area contributed by atoms with Crippen molar-refractivity contribution in [1.82, 2.24) is 4.90 Å². The fraction of sp³-hybridized carbons (Fsp3) is 0.316. The third kappa shape index (κ3) is 3.39. The van der Waals surface area contributed by atoms with Crippen molar-refractivity contribution in [2.75, 3.05) is 6.54 Å². The number of benzene rings is 2. The highest BCUT2D eigenvalue weighted by molar-refractivity contribution is 6.42. The van der Waals surface area contributed by atoms with E-state index in [4.69, 9.17) is 23.2 Å². The maximum Gasteiger partial charge on any atom is 0.226 e. The van der Waals surface area contributed by atoms with Crippen LogP contribution in [0.15, 0.2) is 48.5 Å². The Bertz CT molecular complexity index is 702. The third-order valence-corrected chi connectivity index (χ3v) is 5.46. The first-order valence-electron chi connectivity index (χ1n) is 7.86. The van der Waals surface area contributed by atoms with E-state index in [9.17, 15) is 4.79 Å². The number of likely N-dealkylation sites (tertiary alicyclic amines) is 1. The quantitative estimate of drug-likeness (QED) is 0.749. The van der Waals surface area contributed by atoms with Gasteiger partial charge in [-0.15, -0.1) is 0 Å². The van der Waals surface area contributed by atoms with E-state index in [2.05, 4.69) is 19.1 Å². The van der Waals surface area contributed by atoms with Crippen LogP contribution in [0.3, 0.4) is 0 Å². The van der Waals surface area contributed by atoms with E-state index in [1.165, 1.54) is 5.56 Å². The molecule has 2 aromatic carbocycles. The molecule has 1 aliphatic rings. The normalized spacial score (nSPS) is 19.2. The van der Waals surface area contributed by atoms with Gasteiger partial charge in [0.2, 0.25) is 5.91 Å². The van der Waals surface area contributed by atoms with Crippen molar-refractivity contribution in [2.45, 2.75) is 25.8 Å². The van der Waals surface area contributed by atoms with Gasteiger partial charge >= 0.3 is 0 Å². The summed E-state index contributed by atoms with van der Waals surface area (Å²) in [6.07, 6.45) is 1.51. The monoisotopic (exact) mass is 347 g/mol. The molecule has 0 aliphatic carbocycles. The van der Waals surface area contributed by atoms with Crippen molar-refractivity contribution in [3.63, 3.8) is 0 Å². The number of carbonyl (C=O) groups excluding carboxylic acids is 1. The van der Waals surface area contributed by atoms with E-state index in [1.807, 2.05) is 35.2 Å². The molecule has 3 rings (SSSR count). The molecule has 1 heterocycles. The minimum Gasteiger partial charge on any atom is -0.336 e. The van der Waals surface area contributed by atoms with Gasteiger partial charge in [0, 0.05) is 12.5 Å². The van der Waals surface area contributed by atoms with Gasteiger partial charge in [-0.1, -0.05) is 65.7 Å². The Morgan fingerprint density at radius 3 is 2.61 bits per heavy atom. The lowest BCUT2D eigenvalue weighted by Gasteiger charge is -2.25. The molecule has 1 fully saturated rings. The molecule has 0 unspecified atom stereocenters. The average Bonchev–Trinajstić information content (AvgIpc) is 2.93. The van der Waals surface area contributed by atoms with Gasteiger partial charge in [0.1, 0.15) is 0 Å². The lowest BCUT2D eigenvalue weighted by Crippen LogP contribution is -2.30. The molecular weight excluding hydrogens is 329 g/mol. The molecule has 0 aromatic heterocycles. The second kappa shape index (κ2) is 6.94. The zero-order valence-electron chi connectivity index (χ0n) is 13.0. The van der Waals surface area contributed by atoms with Crippen LogP contribution in [0.5, 0.6) is 0 Å². The van der Waals surface area contributed by atoms with Gasteiger partial charge < -0.3 is 4.90 Å². The van der Waals surface area contributed by atoms with E-state index >= 15 is 0 Å². The van der Waals surface area contributed by atoms with Gasteiger partial charge in [0.05, 0.1) is 16.1 Å². The Labute approximate surface area is 147 Å². The molecule has 0 N–H and O–H groups in total. The fourth-order valence-corrected chi connectivity index (χ4v) is 3.62. The van der Waals surface area contributed by atoms with Crippen LogP contribution in [0.4, 0.5) is 0 Å². The first-order chi connectivity index (χ1) is 11.1. The summed E-state index contributed by atoms with van der Waals surface area (Å²) in [5.41, 5.74) is 2.12. The number of nitrogens with zero attached hydrogens (tertiary/aromatic N) is 1. The van der Waals surface area contributed by atoms with Gasteiger partial charge in [0.25, 0.3) is 0 Å². The van der Waals surface area contributed by atoms with Crippen molar-refractivity contribution in [3.05, 3.63) is 69.7 Å². The molecule has 0 bridgehead atoms. The second-order valence-electron chi connectivity index (χ2n) is 6.02. The zero-order valence-corrected chi connectivity index (χ0v) is 14.5. The minimum absolute atomic E-state index is 0.0165. The molecule has 120 valence electrons. The molecule has 0 saturated carbocycles. The Kier molecular flexibility index (Phi) is 4.93. The van der Waals surface area contributed by atoms with Crippen LogP contribution in [0.1, 0.15) is 30.5 Å². The van der Waals surface area contributed by atoms with E-state index < -0.39 is 0 Å². The van der Waals surface area contributed by atoms with Crippen molar-refractivity contribution >= 4 is 29.1 Å². The van der Waals surface area contributed by atoms with Crippen molar-refractivity contribution in [3.8, 4) is 0 Å². The number of carbonyl (C=O) groups is 1. The standard InChI is InChI=1S/C19H19Cl2NO/c1-13(14-6-3-2-4-7-14)22-11-10-16(19(22)23)12-15-8-5-9-17(20)18(15)21/h2-9,13,16H,10-12H2,1H3/t13-,16-/m1/s1. The van der Waals surface area contributed by atoms with Crippen molar-refractivity contribution < 1.29 is 4.79 Å². The number of amides is 1. The molecule has 0 spiro atoms. The molecule has 2 aromatic rings. The highest BCUT2D eigenvalue weighted by Gasteiger charge is 2.35. The van der Waals surface area contributed by atoms with Gasteiger partial charge in [-0.2, -0.15) is 0 Å². The Balaban J connectivity index is 1.73. The highest BCUT2D eigenvalue weighted by atomic mass is 35.5. The third-order valence-electron chi connectivity index (χ3n) is 4.60. The summed E-state index contributed by atoms with van der Waals surface area (Å²) < 4.78 is 0. The topological polar surface area (TPSA) is 20.3 Å². The van der Waals surface area contributed by atoms with Crippen LogP contribution in [-0.2, 0) is 11.2 Å². The zero-order chi connectivity index (χ0) is 16.4. The first-order valence-corrected chi connectivity index (χ1v) is 8.62. The lowest BCUT2D eigenvalue weighted by molar-refractivity contribution is -0.132. The first kappa shape index (κ1) is 16.4. The lowest BCUT2D eigenvalue weighted by atomic mass is 9.98. The molecule has 23 heavy (non-hydrogen) atoms. The summed E-state index contributed by atoms with van der Waals surface area (Å²) in [6, 6.07) is 15.9. The van der Waals surface area contributed by atoms with Crippen LogP contribution >= 0.6 is 23.2 Å². The van der Waals surface area contributed by atoms with Gasteiger partial charge in [-0.25, -0.2) is 0 Å². The van der Waals surface area contributed by atoms with Gasteiger partial charge in [0.15, 0.2) is 0 Å². The number of halogens is 2. The Morgan fingerprint density at radius 1 is 1.13 bits per heavy atom. The molecule has 2 atom stereocenters. The SMILES string of the molecule is C[C@H](c1ccccc1)N1CC[C@H](Cc2cccc(Cl)c2Cl)C1=O. The summed E-state index contributed by atoms with van der Waals surface area (Å²) in [4.78, 5) is 14.7. The predicted octanol–water partition coefficient (Wildman–Crippen LogP) is 5.15. The molecule has 2 nitrogen and oxygen atoms in total. The summed E-state index contributed by atoms with van der Waals surface area (Å²) >= 11 is 12.3. The van der Waals surface area contributed by atoms with Crippen molar-refractivity contribution in [2.24, 2.45) is 5.92 Å². The Morgan fingerprint density at radius 2 is 1.87 bits per heavy atom. The number of hydrogen-bond donors (Lipinski definition) is 0. The van der Waals surface area contributed by atoms with Crippen LogP contribution in [0.2, 0.25) is 10.0 Å². The summed E-state index contributed by atoms with van der Waals surface area (Å²) in [6.45, 7) is 2.87. The smallest absolute Gasteiger partial charge is 0.226 e. The predicted molar refractivity (Wildman–Crippen MR) is 94.8 cm³/mol. The van der Waals surface area contributed by atoms with Crippen molar-refractivity contribution in [1.29, 1.82) is 0 Å². The van der Waals surface area contributed by atoms with Gasteiger partial charge in [-0.3, -0.25) is 4.79 Å². The van der Waals surface area contributed by atoms with E-state index in [0.717, 1.165) is 18.5 Å². The van der Waals surface area contributed by atoms with Crippen LogP contribution in [-0.4, -0.2) is 17.4 Å². The fourth-order valence-electron chi connectivity index (χ4n) is 3.22. The number of hydrogen-bond acceptors (Lipinski definition) is 1. The van der Waals surface area contributed by atoms with Crippen LogP contribution in [0.25, 0.3) is 0 Å². The largest absolute Gasteiger partial charge is 0.336 e. The average molecular weight is 348 g/mol. The van der Waals surface area contributed by atoms with E-state index in [1.54, 1.807) is 6.07 Å². The van der Waals surface area contributed by atoms with Gasteiger partial charge in [-0.05, 0) is 37.0 Å². The summed E-state index contributed by atoms with van der Waals surface area (Å²) in [5, 5.41) is 1.11. The van der Waals surface area contributed by atoms with E-state index in [0.29, 0.717) is 16.5 Å². The van der Waals surface area contributed by atoms with Crippen LogP contribution in [0, 0.1) is 5.92 Å². The molecule has 1 saturated heterocycles. The molecule has 0 radical (unpaired) electrons. The molecule has 1 amide bonds. The highest BCUT2D eigenvalue weighted by Crippen LogP contribution is 2.33. The minimum atomic E-state index is -0.0165. The summed E-state index contributed by atoms with van der Waals surface area (Å²) in [7, 11) is 0. The molecule has 4 heteroatoms. The molecular formula is C19H19Cl2NO. The Hall–Kier alpha value is -1.51. The molecule has 1 aliphatic heterocycles. The maximum absolute atomic E-state index is 12.8. The van der Waals surface area contributed by atoms with Crippen LogP contribution < -0.4 is 0 Å². The maximum atomic E-state index is 12.8. The summed E-state index contributed by atoms with van der Waals surface area (Å²) in [5.74, 6) is 0.189. The second-order valence-corrected chi connectivity index (χ2v) is 6.81. The number of rotatable bonds is 4.